The molecule has 3 rings (SSSR count). The fourth-order valence-electron chi connectivity index (χ4n) is 3.43. The molecule has 1 fully saturated rings. The van der Waals surface area contributed by atoms with Gasteiger partial charge in [-0.1, -0.05) is 18.2 Å². The van der Waals surface area contributed by atoms with Crippen LogP contribution in [-0.2, 0) is 11.3 Å². The Hall–Kier alpha value is -2.54. The Kier molecular flexibility index (Phi) is 6.24. The van der Waals surface area contributed by atoms with E-state index in [2.05, 4.69) is 4.90 Å². The highest BCUT2D eigenvalue weighted by molar-refractivity contribution is 5.78. The maximum absolute atomic E-state index is 13.6. The van der Waals surface area contributed by atoms with Gasteiger partial charge in [-0.05, 0) is 43.7 Å². The van der Waals surface area contributed by atoms with Crippen molar-refractivity contribution >= 4 is 5.91 Å². The highest BCUT2D eigenvalue weighted by Gasteiger charge is 2.32. The van der Waals surface area contributed by atoms with E-state index in [1.807, 2.05) is 13.8 Å². The third kappa shape index (κ3) is 4.65. The topological polar surface area (TPSA) is 32.8 Å². The number of amides is 1. The molecule has 1 aliphatic heterocycles. The number of carbonyl (C=O) groups excluding carboxylic acids is 1. The van der Waals surface area contributed by atoms with Crippen LogP contribution in [0.4, 0.5) is 13.2 Å². The zero-order chi connectivity index (χ0) is 20.3. The van der Waals surface area contributed by atoms with Crippen molar-refractivity contribution in [3.63, 3.8) is 0 Å². The van der Waals surface area contributed by atoms with Gasteiger partial charge in [0.25, 0.3) is 5.91 Å². The predicted octanol–water partition coefficient (Wildman–Crippen LogP) is 3.60. The summed E-state index contributed by atoms with van der Waals surface area (Å²) in [6.45, 7) is 5.28. The summed E-state index contributed by atoms with van der Waals surface area (Å²) in [7, 11) is 0. The van der Waals surface area contributed by atoms with E-state index in [1.54, 1.807) is 17.0 Å². The first kappa shape index (κ1) is 20.2. The molecule has 1 heterocycles. The minimum absolute atomic E-state index is 0.0791. The zero-order valence-electron chi connectivity index (χ0n) is 15.9. The molecule has 2 unspecified atom stereocenters. The number of ether oxygens (including phenoxy) is 1. The second kappa shape index (κ2) is 8.65. The van der Waals surface area contributed by atoms with Crippen LogP contribution in [0.5, 0.6) is 5.75 Å². The number of piperazine rings is 1. The minimum Gasteiger partial charge on any atom is -0.478 e. The molecule has 0 radical (unpaired) electrons. The summed E-state index contributed by atoms with van der Waals surface area (Å²) in [5.41, 5.74) is 0.999. The largest absolute Gasteiger partial charge is 0.478 e. The van der Waals surface area contributed by atoms with E-state index in [0.29, 0.717) is 19.6 Å². The average Bonchev–Trinajstić information content (AvgIpc) is 2.65. The number of para-hydroxylation sites is 1. The molecule has 0 aromatic heterocycles. The van der Waals surface area contributed by atoms with Crippen LogP contribution >= 0.6 is 0 Å². The first-order valence-electron chi connectivity index (χ1n) is 9.20. The molecule has 7 heteroatoms. The molecule has 0 saturated carbocycles. The third-order valence-electron chi connectivity index (χ3n) is 4.99. The lowest BCUT2D eigenvalue weighted by Crippen LogP contribution is -2.58. The van der Waals surface area contributed by atoms with Gasteiger partial charge in [0.05, 0.1) is 0 Å². The molecule has 2 atom stereocenters. The van der Waals surface area contributed by atoms with Gasteiger partial charge in [-0.3, -0.25) is 9.69 Å². The number of nitrogens with zero attached hydrogens (tertiary/aromatic N) is 2. The van der Waals surface area contributed by atoms with Crippen LogP contribution < -0.4 is 4.74 Å². The molecule has 150 valence electrons. The lowest BCUT2D eigenvalue weighted by molar-refractivity contribution is -0.139. The van der Waals surface area contributed by atoms with Crippen LogP contribution in [0.15, 0.2) is 42.5 Å². The molecule has 4 nitrogen and oxygen atoms in total. The van der Waals surface area contributed by atoms with Gasteiger partial charge < -0.3 is 9.64 Å². The average molecular weight is 392 g/mol. The Labute approximate surface area is 162 Å². The van der Waals surface area contributed by atoms with Gasteiger partial charge in [-0.25, -0.2) is 13.2 Å². The van der Waals surface area contributed by atoms with Gasteiger partial charge in [-0.2, -0.15) is 0 Å². The van der Waals surface area contributed by atoms with Crippen molar-refractivity contribution in [2.75, 3.05) is 19.7 Å². The van der Waals surface area contributed by atoms with Crippen molar-refractivity contribution in [3.05, 3.63) is 65.5 Å². The highest BCUT2D eigenvalue weighted by atomic mass is 19.1. The smallest absolute Gasteiger partial charge is 0.260 e. The molecule has 0 aliphatic carbocycles. The first-order valence-corrected chi connectivity index (χ1v) is 9.20. The van der Waals surface area contributed by atoms with E-state index in [4.69, 9.17) is 4.74 Å². The van der Waals surface area contributed by atoms with Gasteiger partial charge in [0.1, 0.15) is 5.82 Å². The number of hydrogen-bond acceptors (Lipinski definition) is 3. The van der Waals surface area contributed by atoms with Gasteiger partial charge in [-0.15, -0.1) is 0 Å². The lowest BCUT2D eigenvalue weighted by Gasteiger charge is -2.44. The molecular weight excluding hydrogens is 369 g/mol. The zero-order valence-corrected chi connectivity index (χ0v) is 15.9. The van der Waals surface area contributed by atoms with Crippen LogP contribution in [0.25, 0.3) is 0 Å². The molecule has 1 saturated heterocycles. The number of benzene rings is 2. The Morgan fingerprint density at radius 1 is 1.00 bits per heavy atom. The van der Waals surface area contributed by atoms with Gasteiger partial charge in [0.15, 0.2) is 24.0 Å². The van der Waals surface area contributed by atoms with Crippen molar-refractivity contribution in [1.82, 2.24) is 9.80 Å². The summed E-state index contributed by atoms with van der Waals surface area (Å²) in [5.74, 6) is -2.79. The Morgan fingerprint density at radius 3 is 2.29 bits per heavy atom. The van der Waals surface area contributed by atoms with Crippen LogP contribution in [-0.4, -0.2) is 47.5 Å². The second-order valence-corrected chi connectivity index (χ2v) is 7.14. The predicted molar refractivity (Wildman–Crippen MR) is 99.3 cm³/mol. The summed E-state index contributed by atoms with van der Waals surface area (Å²) in [6.07, 6.45) is 0. The van der Waals surface area contributed by atoms with Crippen molar-refractivity contribution in [2.45, 2.75) is 32.5 Å². The molecule has 0 N–H and O–H groups in total. The van der Waals surface area contributed by atoms with Crippen LogP contribution in [0.3, 0.4) is 0 Å². The van der Waals surface area contributed by atoms with E-state index in [1.165, 1.54) is 18.2 Å². The minimum atomic E-state index is -0.835. The van der Waals surface area contributed by atoms with Crippen LogP contribution in [0.2, 0.25) is 0 Å². The molecule has 28 heavy (non-hydrogen) atoms. The van der Waals surface area contributed by atoms with E-state index in [-0.39, 0.29) is 23.8 Å². The maximum atomic E-state index is 13.6. The molecule has 2 aromatic rings. The van der Waals surface area contributed by atoms with E-state index < -0.39 is 24.0 Å². The molecule has 2 aromatic carbocycles. The number of hydrogen-bond donors (Lipinski definition) is 0. The number of carbonyl (C=O) groups is 1. The fraction of sp³-hybridized carbons (Fsp3) is 0.381. The molecule has 0 bridgehead atoms. The van der Waals surface area contributed by atoms with Gasteiger partial charge in [0.2, 0.25) is 0 Å². The normalized spacial score (nSPS) is 20.2. The maximum Gasteiger partial charge on any atom is 0.260 e. The van der Waals surface area contributed by atoms with Crippen molar-refractivity contribution in [3.8, 4) is 5.75 Å². The Bertz CT molecular complexity index is 809. The van der Waals surface area contributed by atoms with Gasteiger partial charge >= 0.3 is 0 Å². The molecule has 1 aliphatic rings. The SMILES string of the molecule is CC1CN(C(=O)COc2c(F)cccc2F)C(C)CN1Cc1ccc(F)cc1. The van der Waals surface area contributed by atoms with E-state index in [0.717, 1.165) is 17.7 Å². The quantitative estimate of drug-likeness (QED) is 0.780. The lowest BCUT2D eigenvalue weighted by atomic mass is 10.1. The summed E-state index contributed by atoms with van der Waals surface area (Å²) in [4.78, 5) is 16.4. The van der Waals surface area contributed by atoms with E-state index >= 15 is 0 Å². The van der Waals surface area contributed by atoms with Crippen molar-refractivity contribution < 1.29 is 22.7 Å². The van der Waals surface area contributed by atoms with Crippen molar-refractivity contribution in [2.24, 2.45) is 0 Å². The monoisotopic (exact) mass is 392 g/mol. The Balaban J connectivity index is 1.58. The first-order chi connectivity index (χ1) is 13.3. The summed E-state index contributed by atoms with van der Waals surface area (Å²) < 4.78 is 45.5. The Morgan fingerprint density at radius 2 is 1.64 bits per heavy atom. The fourth-order valence-corrected chi connectivity index (χ4v) is 3.43. The molecule has 0 spiro atoms. The second-order valence-electron chi connectivity index (χ2n) is 7.14. The van der Waals surface area contributed by atoms with E-state index in [9.17, 15) is 18.0 Å². The summed E-state index contributed by atoms with van der Waals surface area (Å²) in [5, 5.41) is 0. The third-order valence-corrected chi connectivity index (χ3v) is 4.99. The van der Waals surface area contributed by atoms with Crippen molar-refractivity contribution in [1.29, 1.82) is 0 Å². The van der Waals surface area contributed by atoms with Crippen LogP contribution in [0.1, 0.15) is 19.4 Å². The number of halogens is 3. The highest BCUT2D eigenvalue weighted by Crippen LogP contribution is 2.22. The number of rotatable bonds is 5. The molecule has 1 amide bonds. The standard InChI is InChI=1S/C21H23F3N2O2/c1-14-11-26(20(27)13-28-21-18(23)4-3-5-19(21)24)15(2)10-25(14)12-16-6-8-17(22)9-7-16/h3-9,14-15H,10-13H2,1-2H3. The summed E-state index contributed by atoms with van der Waals surface area (Å²) >= 11 is 0. The summed E-state index contributed by atoms with van der Waals surface area (Å²) in [6, 6.07) is 9.77. The van der Waals surface area contributed by atoms with Gasteiger partial charge in [0, 0.05) is 31.7 Å². The van der Waals surface area contributed by atoms with Crippen LogP contribution in [0, 0.1) is 17.5 Å². The molecular formula is C21H23F3N2O2.